The van der Waals surface area contributed by atoms with Crippen molar-refractivity contribution in [2.45, 2.75) is 5.41 Å². The molecule has 55 heavy (non-hydrogen) atoms. The summed E-state index contributed by atoms with van der Waals surface area (Å²) in [5.41, 5.74) is 14.2. The summed E-state index contributed by atoms with van der Waals surface area (Å²) >= 11 is 0. The van der Waals surface area contributed by atoms with E-state index in [0.29, 0.717) is 17.5 Å². The van der Waals surface area contributed by atoms with Gasteiger partial charge < -0.3 is 0 Å². The molecule has 0 unspecified atom stereocenters. The van der Waals surface area contributed by atoms with E-state index < -0.39 is 5.41 Å². The van der Waals surface area contributed by atoms with E-state index in [1.165, 1.54) is 33.4 Å². The highest BCUT2D eigenvalue weighted by molar-refractivity contribution is 5.88. The van der Waals surface area contributed by atoms with Crippen LogP contribution in [0.2, 0.25) is 0 Å². The van der Waals surface area contributed by atoms with Crippen molar-refractivity contribution in [2.75, 3.05) is 0 Å². The minimum absolute atomic E-state index is 0.531. The highest BCUT2D eigenvalue weighted by Gasteiger charge is 2.46. The van der Waals surface area contributed by atoms with E-state index in [-0.39, 0.29) is 0 Å². The molecule has 0 spiro atoms. The van der Waals surface area contributed by atoms with Gasteiger partial charge in [0.25, 0.3) is 0 Å². The van der Waals surface area contributed by atoms with Crippen LogP contribution in [0, 0.1) is 0 Å². The third-order valence-corrected chi connectivity index (χ3v) is 10.8. The van der Waals surface area contributed by atoms with E-state index in [1.807, 2.05) is 12.1 Å². The predicted molar refractivity (Wildman–Crippen MR) is 224 cm³/mol. The zero-order valence-corrected chi connectivity index (χ0v) is 30.0. The molecule has 0 fully saturated rings. The highest BCUT2D eigenvalue weighted by atomic mass is 15.0. The Bertz CT molecular complexity index is 2660. The zero-order chi connectivity index (χ0) is 36.6. The lowest BCUT2D eigenvalue weighted by Crippen LogP contribution is -2.28. The van der Waals surface area contributed by atoms with E-state index in [9.17, 15) is 0 Å². The summed E-state index contributed by atoms with van der Waals surface area (Å²) in [5.74, 6) is 1.89. The number of nitrogens with zero attached hydrogens (tertiary/aromatic N) is 3. The normalized spacial score (nSPS) is 12.5. The SMILES string of the molecule is c1ccc(-c2cccc(-c3nc(-c4cccc(-c5ccccc5)c4)nc(-c4ccc5c(c4)C(c4ccccc4)(c4ccccc4)c4ccccc4-5)n3)c2)cc1. The topological polar surface area (TPSA) is 38.7 Å². The fourth-order valence-electron chi connectivity index (χ4n) is 8.28. The van der Waals surface area contributed by atoms with E-state index in [0.717, 1.165) is 38.9 Å². The molecule has 9 aromatic rings. The third kappa shape index (κ3) is 5.65. The molecule has 0 atom stereocenters. The van der Waals surface area contributed by atoms with Crippen LogP contribution in [0.4, 0.5) is 0 Å². The van der Waals surface area contributed by atoms with Gasteiger partial charge in [0.05, 0.1) is 5.41 Å². The largest absolute Gasteiger partial charge is 0.208 e. The van der Waals surface area contributed by atoms with Crippen LogP contribution in [-0.4, -0.2) is 15.0 Å². The molecule has 0 saturated carbocycles. The number of rotatable bonds is 7. The summed E-state index contributed by atoms with van der Waals surface area (Å²) in [4.78, 5) is 15.7. The van der Waals surface area contributed by atoms with Crippen LogP contribution < -0.4 is 0 Å². The predicted octanol–water partition coefficient (Wildman–Crippen LogP) is 12.6. The van der Waals surface area contributed by atoms with E-state index in [2.05, 4.69) is 200 Å². The summed E-state index contributed by atoms with van der Waals surface area (Å²) < 4.78 is 0. The minimum Gasteiger partial charge on any atom is -0.208 e. The Kier molecular flexibility index (Phi) is 8.04. The molecular formula is C52H35N3. The second-order valence-electron chi connectivity index (χ2n) is 14.0. The van der Waals surface area contributed by atoms with Crippen LogP contribution in [0.1, 0.15) is 22.3 Å². The molecular weight excluding hydrogens is 667 g/mol. The molecule has 0 saturated heterocycles. The van der Waals surface area contributed by atoms with Crippen LogP contribution >= 0.6 is 0 Å². The van der Waals surface area contributed by atoms with Gasteiger partial charge in [0.1, 0.15) is 0 Å². The molecule has 3 heteroatoms. The van der Waals surface area contributed by atoms with Crippen molar-refractivity contribution in [3.8, 4) is 67.5 Å². The number of hydrogen-bond acceptors (Lipinski definition) is 3. The van der Waals surface area contributed by atoms with Crippen molar-refractivity contribution in [3.63, 3.8) is 0 Å². The summed E-state index contributed by atoms with van der Waals surface area (Å²) in [7, 11) is 0. The van der Waals surface area contributed by atoms with Gasteiger partial charge in [-0.3, -0.25) is 0 Å². The van der Waals surface area contributed by atoms with Gasteiger partial charge in [-0.25, -0.2) is 15.0 Å². The van der Waals surface area contributed by atoms with Crippen LogP contribution in [0.5, 0.6) is 0 Å². The van der Waals surface area contributed by atoms with Gasteiger partial charge in [0, 0.05) is 16.7 Å². The quantitative estimate of drug-likeness (QED) is 0.166. The maximum absolute atomic E-state index is 5.26. The molecule has 8 aromatic carbocycles. The van der Waals surface area contributed by atoms with Crippen LogP contribution in [0.15, 0.2) is 212 Å². The van der Waals surface area contributed by atoms with Crippen molar-refractivity contribution < 1.29 is 0 Å². The maximum Gasteiger partial charge on any atom is 0.164 e. The lowest BCUT2D eigenvalue weighted by Gasteiger charge is -2.34. The Morgan fingerprint density at radius 3 is 1.15 bits per heavy atom. The second-order valence-corrected chi connectivity index (χ2v) is 14.0. The van der Waals surface area contributed by atoms with E-state index >= 15 is 0 Å². The lowest BCUT2D eigenvalue weighted by molar-refractivity contribution is 0.768. The van der Waals surface area contributed by atoms with Gasteiger partial charge in [0.2, 0.25) is 0 Å². The minimum atomic E-state index is -0.531. The lowest BCUT2D eigenvalue weighted by atomic mass is 9.67. The second kappa shape index (κ2) is 13.6. The Morgan fingerprint density at radius 2 is 0.636 bits per heavy atom. The van der Waals surface area contributed by atoms with E-state index in [1.54, 1.807) is 0 Å². The number of benzene rings is 8. The first-order chi connectivity index (χ1) is 27.3. The summed E-state index contributed by atoms with van der Waals surface area (Å²) in [6, 6.07) is 75.2. The van der Waals surface area contributed by atoms with Gasteiger partial charge >= 0.3 is 0 Å². The van der Waals surface area contributed by atoms with Crippen molar-refractivity contribution in [1.82, 2.24) is 15.0 Å². The van der Waals surface area contributed by atoms with Crippen molar-refractivity contribution in [1.29, 1.82) is 0 Å². The standard InChI is InChI=1S/C52H35N3/c1-5-17-36(18-6-1)38-21-15-23-40(33-38)49-53-50(41-24-16-22-39(34-41)37-19-7-2-8-20-37)55-51(54-49)42-31-32-46-45-29-13-14-30-47(45)52(48(46)35-42,43-25-9-3-10-26-43)44-27-11-4-12-28-44/h1-35H. The molecule has 1 heterocycles. The van der Waals surface area contributed by atoms with Gasteiger partial charge in [-0.05, 0) is 73.8 Å². The summed E-state index contributed by atoms with van der Waals surface area (Å²) in [6.45, 7) is 0. The Labute approximate surface area is 321 Å². The van der Waals surface area contributed by atoms with Gasteiger partial charge in [-0.15, -0.1) is 0 Å². The average Bonchev–Trinajstić information content (AvgIpc) is 3.58. The van der Waals surface area contributed by atoms with E-state index in [4.69, 9.17) is 15.0 Å². The molecule has 0 bridgehead atoms. The number of fused-ring (bicyclic) bond motifs is 3. The zero-order valence-electron chi connectivity index (χ0n) is 30.0. The Morgan fingerprint density at radius 1 is 0.255 bits per heavy atom. The first-order valence-corrected chi connectivity index (χ1v) is 18.7. The molecule has 10 rings (SSSR count). The van der Waals surface area contributed by atoms with Crippen molar-refractivity contribution in [3.05, 3.63) is 235 Å². The fourth-order valence-corrected chi connectivity index (χ4v) is 8.28. The molecule has 1 aromatic heterocycles. The van der Waals surface area contributed by atoms with Gasteiger partial charge in [0.15, 0.2) is 17.5 Å². The number of aromatic nitrogens is 3. The van der Waals surface area contributed by atoms with Crippen LogP contribution in [0.25, 0.3) is 67.5 Å². The fraction of sp³-hybridized carbons (Fsp3) is 0.0192. The van der Waals surface area contributed by atoms with Gasteiger partial charge in [-0.1, -0.05) is 194 Å². The van der Waals surface area contributed by atoms with Gasteiger partial charge in [-0.2, -0.15) is 0 Å². The Hall–Kier alpha value is -7.23. The highest BCUT2D eigenvalue weighted by Crippen LogP contribution is 2.56. The molecule has 1 aliphatic rings. The van der Waals surface area contributed by atoms with Crippen molar-refractivity contribution in [2.24, 2.45) is 0 Å². The molecule has 1 aliphatic carbocycles. The third-order valence-electron chi connectivity index (χ3n) is 10.8. The summed E-state index contributed by atoms with van der Waals surface area (Å²) in [5, 5.41) is 0. The summed E-state index contributed by atoms with van der Waals surface area (Å²) in [6.07, 6.45) is 0. The smallest absolute Gasteiger partial charge is 0.164 e. The Balaban J connectivity index is 1.20. The monoisotopic (exact) mass is 701 g/mol. The average molecular weight is 702 g/mol. The molecule has 0 amide bonds. The van der Waals surface area contributed by atoms with Crippen LogP contribution in [-0.2, 0) is 5.41 Å². The van der Waals surface area contributed by atoms with Crippen LogP contribution in [0.3, 0.4) is 0 Å². The maximum atomic E-state index is 5.26. The molecule has 0 aliphatic heterocycles. The molecule has 3 nitrogen and oxygen atoms in total. The molecule has 0 N–H and O–H groups in total. The van der Waals surface area contributed by atoms with Crippen molar-refractivity contribution >= 4 is 0 Å². The first-order valence-electron chi connectivity index (χ1n) is 18.7. The first kappa shape index (κ1) is 32.4. The number of hydrogen-bond donors (Lipinski definition) is 0. The molecule has 0 radical (unpaired) electrons. The molecule has 258 valence electrons.